The van der Waals surface area contributed by atoms with Crippen LogP contribution in [0.5, 0.6) is 5.75 Å². The van der Waals surface area contributed by atoms with Crippen LogP contribution < -0.4 is 0 Å². The number of phenolic OH excluding ortho intramolecular Hbond substituents is 1. The Balaban J connectivity index is 1.74. The number of fused-ring (bicyclic) bond motifs is 1. The molecule has 0 bridgehead atoms. The molecular weight excluding hydrogens is 326 g/mol. The van der Waals surface area contributed by atoms with Gasteiger partial charge in [0.25, 0.3) is 0 Å². The van der Waals surface area contributed by atoms with Gasteiger partial charge in [0.15, 0.2) is 0 Å². The molecule has 6 nitrogen and oxygen atoms in total. The highest BCUT2D eigenvalue weighted by Crippen LogP contribution is 2.30. The average molecular weight is 353 g/mol. The molecule has 0 saturated carbocycles. The van der Waals surface area contributed by atoms with Crippen molar-refractivity contribution in [3.05, 3.63) is 29.8 Å². The predicted octanol–water partition coefficient (Wildman–Crippen LogP) is 0.932. The van der Waals surface area contributed by atoms with E-state index in [1.54, 1.807) is 10.4 Å². The third-order valence-electron chi connectivity index (χ3n) is 5.18. The van der Waals surface area contributed by atoms with E-state index in [1.165, 1.54) is 6.26 Å². The largest absolute Gasteiger partial charge is 0.508 e. The summed E-state index contributed by atoms with van der Waals surface area (Å²) in [5.41, 5.74) is 0.758. The van der Waals surface area contributed by atoms with Crippen LogP contribution in [0.2, 0.25) is 0 Å². The van der Waals surface area contributed by atoms with Crippen LogP contribution in [-0.4, -0.2) is 78.2 Å². The fourth-order valence-electron chi connectivity index (χ4n) is 3.98. The maximum atomic E-state index is 12.0. The summed E-state index contributed by atoms with van der Waals surface area (Å²) >= 11 is 0. The van der Waals surface area contributed by atoms with Crippen LogP contribution in [0, 0.1) is 0 Å². The molecule has 7 heteroatoms. The number of hydrogen-bond donors (Lipinski definition) is 1. The number of para-hydroxylation sites is 1. The molecule has 0 spiro atoms. The molecule has 3 rings (SSSR count). The normalized spacial score (nSPS) is 26.2. The highest BCUT2D eigenvalue weighted by molar-refractivity contribution is 7.88. The second kappa shape index (κ2) is 6.29. The monoisotopic (exact) mass is 353 g/mol. The van der Waals surface area contributed by atoms with Crippen molar-refractivity contribution < 1.29 is 13.5 Å². The number of nitrogens with zero attached hydrogens (tertiary/aromatic N) is 3. The van der Waals surface area contributed by atoms with Crippen LogP contribution in [0.15, 0.2) is 24.3 Å². The van der Waals surface area contributed by atoms with Crippen LogP contribution in [0.1, 0.15) is 19.4 Å². The number of phenols is 1. The summed E-state index contributed by atoms with van der Waals surface area (Å²) in [5.74, 6) is 0.321. The minimum atomic E-state index is -3.18. The summed E-state index contributed by atoms with van der Waals surface area (Å²) in [6, 6.07) is 7.59. The van der Waals surface area contributed by atoms with Gasteiger partial charge in [0, 0.05) is 56.4 Å². The van der Waals surface area contributed by atoms with Gasteiger partial charge in [-0.15, -0.1) is 0 Å². The van der Waals surface area contributed by atoms with Crippen molar-refractivity contribution in [1.29, 1.82) is 0 Å². The van der Waals surface area contributed by atoms with Gasteiger partial charge in [0.2, 0.25) is 10.0 Å². The third-order valence-corrected chi connectivity index (χ3v) is 6.39. The Morgan fingerprint density at radius 1 is 1.21 bits per heavy atom. The Labute approximate surface area is 144 Å². The Kier molecular flexibility index (Phi) is 4.63. The van der Waals surface area contributed by atoms with E-state index < -0.39 is 10.0 Å². The first-order valence-electron chi connectivity index (χ1n) is 8.38. The molecule has 0 radical (unpaired) electrons. The summed E-state index contributed by atoms with van der Waals surface area (Å²) < 4.78 is 25.7. The number of benzene rings is 1. The lowest BCUT2D eigenvalue weighted by atomic mass is 9.94. The predicted molar refractivity (Wildman–Crippen MR) is 94.4 cm³/mol. The molecule has 1 aromatic rings. The maximum Gasteiger partial charge on any atom is 0.211 e. The summed E-state index contributed by atoms with van der Waals surface area (Å²) in [5, 5.41) is 9.98. The fourth-order valence-corrected chi connectivity index (χ4v) is 4.97. The number of piperazine rings is 2. The van der Waals surface area contributed by atoms with Gasteiger partial charge in [-0.1, -0.05) is 18.2 Å². The van der Waals surface area contributed by atoms with E-state index in [-0.39, 0.29) is 11.6 Å². The minimum absolute atomic E-state index is 0.160. The highest BCUT2D eigenvalue weighted by Gasteiger charge is 2.44. The summed E-state index contributed by atoms with van der Waals surface area (Å²) in [4.78, 5) is 4.74. The topological polar surface area (TPSA) is 64.1 Å². The lowest BCUT2D eigenvalue weighted by Gasteiger charge is -2.55. The van der Waals surface area contributed by atoms with Gasteiger partial charge in [-0.25, -0.2) is 8.42 Å². The van der Waals surface area contributed by atoms with Crippen LogP contribution in [-0.2, 0) is 16.6 Å². The number of sulfonamides is 1. The van der Waals surface area contributed by atoms with Crippen LogP contribution in [0.25, 0.3) is 0 Å². The number of aromatic hydroxyl groups is 1. The Morgan fingerprint density at radius 2 is 1.92 bits per heavy atom. The van der Waals surface area contributed by atoms with E-state index in [2.05, 4.69) is 23.6 Å². The molecule has 2 aliphatic rings. The molecule has 2 aliphatic heterocycles. The maximum absolute atomic E-state index is 12.0. The first-order chi connectivity index (χ1) is 11.2. The standard InChI is InChI=1S/C17H27N3O3S/c1-17(2)13-19(24(3,22)23)12-15-11-18(8-9-20(15)17)10-14-6-4-5-7-16(14)21/h4-7,15,21H,8-13H2,1-3H3. The van der Waals surface area contributed by atoms with E-state index in [4.69, 9.17) is 0 Å². The molecule has 1 atom stereocenters. The number of hydrogen-bond acceptors (Lipinski definition) is 5. The van der Waals surface area contributed by atoms with E-state index in [0.717, 1.165) is 25.2 Å². The molecule has 0 aliphatic carbocycles. The van der Waals surface area contributed by atoms with Crippen molar-refractivity contribution in [3.63, 3.8) is 0 Å². The van der Waals surface area contributed by atoms with Crippen LogP contribution >= 0.6 is 0 Å². The molecule has 1 aromatic carbocycles. The SMILES string of the molecule is CC1(C)CN(S(C)(=O)=O)CC2CN(Cc3ccccc3O)CCN21. The molecule has 0 aromatic heterocycles. The van der Waals surface area contributed by atoms with Gasteiger partial charge in [-0.05, 0) is 19.9 Å². The Morgan fingerprint density at radius 3 is 2.58 bits per heavy atom. The second-order valence-electron chi connectivity index (χ2n) is 7.58. The minimum Gasteiger partial charge on any atom is -0.508 e. The lowest BCUT2D eigenvalue weighted by molar-refractivity contribution is -0.0449. The van der Waals surface area contributed by atoms with Crippen LogP contribution in [0.4, 0.5) is 0 Å². The summed E-state index contributed by atoms with van der Waals surface area (Å²) in [7, 11) is -3.18. The van der Waals surface area contributed by atoms with Crippen molar-refractivity contribution in [2.24, 2.45) is 0 Å². The quantitative estimate of drug-likeness (QED) is 0.876. The van der Waals surface area contributed by atoms with Gasteiger partial charge in [-0.2, -0.15) is 4.31 Å². The average Bonchev–Trinajstić information content (AvgIpc) is 2.47. The molecule has 1 unspecified atom stereocenters. The molecule has 2 saturated heterocycles. The smallest absolute Gasteiger partial charge is 0.211 e. The molecule has 1 N–H and O–H groups in total. The number of rotatable bonds is 3. The van der Waals surface area contributed by atoms with Gasteiger partial charge in [0.05, 0.1) is 6.26 Å². The molecule has 134 valence electrons. The highest BCUT2D eigenvalue weighted by atomic mass is 32.2. The first-order valence-corrected chi connectivity index (χ1v) is 10.2. The molecule has 2 heterocycles. The van der Waals surface area contributed by atoms with E-state index in [0.29, 0.717) is 25.4 Å². The molecule has 0 amide bonds. The van der Waals surface area contributed by atoms with Crippen molar-refractivity contribution in [2.75, 3.05) is 39.0 Å². The zero-order valence-corrected chi connectivity index (χ0v) is 15.5. The van der Waals surface area contributed by atoms with E-state index in [1.807, 2.05) is 18.2 Å². The fraction of sp³-hybridized carbons (Fsp3) is 0.647. The first kappa shape index (κ1) is 17.7. The molecular formula is C17H27N3O3S. The van der Waals surface area contributed by atoms with E-state index >= 15 is 0 Å². The van der Waals surface area contributed by atoms with Crippen molar-refractivity contribution in [1.82, 2.24) is 14.1 Å². The molecule has 24 heavy (non-hydrogen) atoms. The van der Waals surface area contributed by atoms with Gasteiger partial charge in [0.1, 0.15) is 5.75 Å². The van der Waals surface area contributed by atoms with Gasteiger partial charge in [-0.3, -0.25) is 9.80 Å². The van der Waals surface area contributed by atoms with Crippen molar-refractivity contribution >= 4 is 10.0 Å². The van der Waals surface area contributed by atoms with Crippen molar-refractivity contribution in [3.8, 4) is 5.75 Å². The third kappa shape index (κ3) is 3.59. The zero-order valence-electron chi connectivity index (χ0n) is 14.6. The summed E-state index contributed by atoms with van der Waals surface area (Å²) in [6.07, 6.45) is 1.29. The van der Waals surface area contributed by atoms with Gasteiger partial charge >= 0.3 is 0 Å². The van der Waals surface area contributed by atoms with E-state index in [9.17, 15) is 13.5 Å². The van der Waals surface area contributed by atoms with Crippen molar-refractivity contribution in [2.45, 2.75) is 32.0 Å². The van der Waals surface area contributed by atoms with Crippen LogP contribution in [0.3, 0.4) is 0 Å². The zero-order chi connectivity index (χ0) is 17.5. The Bertz CT molecular complexity index is 705. The van der Waals surface area contributed by atoms with Gasteiger partial charge < -0.3 is 5.11 Å². The second-order valence-corrected chi connectivity index (χ2v) is 9.56. The lowest BCUT2D eigenvalue weighted by Crippen LogP contribution is -2.70. The summed E-state index contributed by atoms with van der Waals surface area (Å²) in [6.45, 7) is 8.67. The Hall–Kier alpha value is -1.15. The molecule has 2 fully saturated rings.